The van der Waals surface area contributed by atoms with E-state index >= 15 is 0 Å². The number of hydrogen-bond donors (Lipinski definition) is 12. The van der Waals surface area contributed by atoms with Gasteiger partial charge in [0.15, 0.2) is 18.9 Å². The topological polar surface area (TPSA) is 307 Å². The van der Waals surface area contributed by atoms with Crippen LogP contribution >= 0.6 is 0 Å². The van der Waals surface area contributed by atoms with Crippen LogP contribution in [0.4, 0.5) is 0 Å². The monoisotopic (exact) mass is 1210 g/mol. The number of unbranched alkanes of at least 4 members (excludes halogenated alkanes) is 36. The Morgan fingerprint density at radius 2 is 0.738 bits per heavy atom. The normalized spacial score (nSPS) is 29.2. The van der Waals surface area contributed by atoms with E-state index in [-0.39, 0.29) is 18.9 Å². The van der Waals surface area contributed by atoms with Crippen molar-refractivity contribution in [1.82, 2.24) is 5.32 Å². The molecule has 0 radical (unpaired) electrons. The van der Waals surface area contributed by atoms with E-state index in [1.165, 1.54) is 193 Å². The summed E-state index contributed by atoms with van der Waals surface area (Å²) >= 11 is 0. The Morgan fingerprint density at radius 3 is 1.12 bits per heavy atom. The van der Waals surface area contributed by atoms with Crippen LogP contribution in [0.3, 0.4) is 0 Å². The number of rotatable bonds is 52. The van der Waals surface area contributed by atoms with Crippen molar-refractivity contribution in [3.05, 3.63) is 12.2 Å². The van der Waals surface area contributed by atoms with Crippen LogP contribution < -0.4 is 5.32 Å². The maximum atomic E-state index is 13.4. The van der Waals surface area contributed by atoms with Gasteiger partial charge >= 0.3 is 0 Å². The minimum absolute atomic E-state index is 0.250. The standard InChI is InChI=1S/C65H123NO18/c1-3-5-7-9-11-13-15-17-19-21-22-23-24-25-26-27-29-31-33-35-37-39-41-43-53(71)66-48(49(70)42-40-38-36-34-32-30-28-20-18-16-14-12-10-8-6-4-2)47-79-63-59(77)56(74)61(51(45-68)81-63)84-65-60(78)57(75)62(52(46-69)82-65)83-64-58(76)55(73)54(72)50(44-67)80-64/h40,42,48-52,54-65,67-70,72-78H,3-39,41,43-47H2,1-2H3,(H,66,71)/b42-40+. The van der Waals surface area contributed by atoms with Crippen molar-refractivity contribution in [2.75, 3.05) is 26.4 Å². The van der Waals surface area contributed by atoms with E-state index in [0.717, 1.165) is 44.9 Å². The molecule has 0 aromatic carbocycles. The second-order valence-corrected chi connectivity index (χ2v) is 24.7. The molecule has 1 amide bonds. The molecule has 0 aromatic rings. The van der Waals surface area contributed by atoms with Crippen molar-refractivity contribution in [1.29, 1.82) is 0 Å². The van der Waals surface area contributed by atoms with Gasteiger partial charge in [0, 0.05) is 6.42 Å². The molecule has 19 nitrogen and oxygen atoms in total. The number of carbonyl (C=O) groups excluding carboxylic acids is 1. The van der Waals surface area contributed by atoms with Gasteiger partial charge < -0.3 is 89.9 Å². The molecule has 3 aliphatic heterocycles. The zero-order chi connectivity index (χ0) is 61.2. The molecule has 84 heavy (non-hydrogen) atoms. The van der Waals surface area contributed by atoms with E-state index in [1.54, 1.807) is 6.08 Å². The lowest BCUT2D eigenvalue weighted by molar-refractivity contribution is -0.379. The smallest absolute Gasteiger partial charge is 0.220 e. The molecule has 0 aliphatic carbocycles. The lowest BCUT2D eigenvalue weighted by Gasteiger charge is -2.48. The van der Waals surface area contributed by atoms with E-state index in [0.29, 0.717) is 6.42 Å². The molecule has 496 valence electrons. The largest absolute Gasteiger partial charge is 0.394 e. The summed E-state index contributed by atoms with van der Waals surface area (Å²) in [6.45, 7) is 1.76. The quantitative estimate of drug-likeness (QED) is 0.0202. The first kappa shape index (κ1) is 76.8. The lowest BCUT2D eigenvalue weighted by Crippen LogP contribution is -2.66. The number of aliphatic hydroxyl groups is 11. The van der Waals surface area contributed by atoms with Gasteiger partial charge in [0.1, 0.15) is 73.2 Å². The van der Waals surface area contributed by atoms with Crippen molar-refractivity contribution in [2.24, 2.45) is 0 Å². The van der Waals surface area contributed by atoms with E-state index in [1.807, 2.05) is 6.08 Å². The van der Waals surface area contributed by atoms with Gasteiger partial charge in [-0.05, 0) is 19.3 Å². The van der Waals surface area contributed by atoms with Crippen LogP contribution in [0.5, 0.6) is 0 Å². The molecule has 0 bridgehead atoms. The lowest BCUT2D eigenvalue weighted by atomic mass is 9.96. The van der Waals surface area contributed by atoms with Gasteiger partial charge in [-0.1, -0.05) is 251 Å². The average molecular weight is 1210 g/mol. The van der Waals surface area contributed by atoms with Gasteiger partial charge in [-0.25, -0.2) is 0 Å². The van der Waals surface area contributed by atoms with Crippen LogP contribution in [0.1, 0.15) is 264 Å². The summed E-state index contributed by atoms with van der Waals surface area (Å²) in [4.78, 5) is 13.4. The van der Waals surface area contributed by atoms with E-state index in [2.05, 4.69) is 19.2 Å². The van der Waals surface area contributed by atoms with Crippen molar-refractivity contribution in [3.63, 3.8) is 0 Å². The SMILES string of the molecule is CCCCCCCCCCCCCCCC/C=C/C(O)C(COC1OC(CO)C(OC2OC(CO)C(OC3OC(CO)C(O)C(O)C3O)C(O)C2O)C(O)C1O)NC(=O)CCCCCCCCCCCCCCCCCCCCCCCCC. The van der Waals surface area contributed by atoms with Gasteiger partial charge in [-0.3, -0.25) is 4.79 Å². The maximum absolute atomic E-state index is 13.4. The first-order valence-electron chi connectivity index (χ1n) is 33.9. The number of nitrogens with one attached hydrogen (secondary N) is 1. The second kappa shape index (κ2) is 48.4. The molecule has 3 heterocycles. The number of allylic oxidation sites excluding steroid dienone is 1. The number of aliphatic hydroxyl groups excluding tert-OH is 11. The summed E-state index contributed by atoms with van der Waals surface area (Å²) < 4.78 is 34.3. The summed E-state index contributed by atoms with van der Waals surface area (Å²) in [6, 6.07) is -0.968. The number of ether oxygens (including phenoxy) is 6. The van der Waals surface area contributed by atoms with Crippen molar-refractivity contribution < 1.29 is 89.4 Å². The van der Waals surface area contributed by atoms with Crippen LogP contribution in [0.25, 0.3) is 0 Å². The Kier molecular flexibility index (Phi) is 44.2. The predicted octanol–water partition coefficient (Wildman–Crippen LogP) is 8.11. The van der Waals surface area contributed by atoms with Gasteiger partial charge in [0.25, 0.3) is 0 Å². The summed E-state index contributed by atoms with van der Waals surface area (Å²) in [6.07, 6.45) is 24.7. The molecule has 0 spiro atoms. The Morgan fingerprint density at radius 1 is 0.417 bits per heavy atom. The first-order valence-corrected chi connectivity index (χ1v) is 33.9. The second-order valence-electron chi connectivity index (χ2n) is 24.7. The maximum Gasteiger partial charge on any atom is 0.220 e. The first-order chi connectivity index (χ1) is 40.8. The fourth-order valence-electron chi connectivity index (χ4n) is 11.8. The molecule has 0 aromatic heterocycles. The molecule has 3 fully saturated rings. The van der Waals surface area contributed by atoms with Crippen LogP contribution in [-0.2, 0) is 33.2 Å². The van der Waals surface area contributed by atoms with Crippen molar-refractivity contribution in [2.45, 2.75) is 369 Å². The highest BCUT2D eigenvalue weighted by Gasteiger charge is 2.53. The molecule has 0 saturated carbocycles. The molecular formula is C65H123NO18. The van der Waals surface area contributed by atoms with Crippen LogP contribution in [0.15, 0.2) is 12.2 Å². The number of hydrogen-bond acceptors (Lipinski definition) is 18. The highest BCUT2D eigenvalue weighted by atomic mass is 16.8. The van der Waals surface area contributed by atoms with Gasteiger partial charge in [0.05, 0.1) is 38.6 Å². The van der Waals surface area contributed by atoms with Crippen LogP contribution in [0, 0.1) is 0 Å². The highest BCUT2D eigenvalue weighted by Crippen LogP contribution is 2.33. The zero-order valence-electron chi connectivity index (χ0n) is 52.2. The van der Waals surface area contributed by atoms with E-state index in [9.17, 15) is 61.0 Å². The minimum Gasteiger partial charge on any atom is -0.394 e. The third-order valence-electron chi connectivity index (χ3n) is 17.3. The van der Waals surface area contributed by atoms with Gasteiger partial charge in [-0.2, -0.15) is 0 Å². The van der Waals surface area contributed by atoms with Gasteiger partial charge in [-0.15, -0.1) is 0 Å². The fraction of sp³-hybridized carbons (Fsp3) is 0.954. The Bertz CT molecular complexity index is 1580. The van der Waals surface area contributed by atoms with Crippen LogP contribution in [-0.4, -0.2) is 193 Å². The van der Waals surface area contributed by atoms with E-state index < -0.39 is 124 Å². The summed E-state index contributed by atoms with van der Waals surface area (Å²) in [5.74, 6) is -0.270. The molecule has 3 saturated heterocycles. The predicted molar refractivity (Wildman–Crippen MR) is 323 cm³/mol. The zero-order valence-corrected chi connectivity index (χ0v) is 52.2. The third-order valence-corrected chi connectivity index (χ3v) is 17.3. The molecule has 12 N–H and O–H groups in total. The van der Waals surface area contributed by atoms with E-state index in [4.69, 9.17) is 28.4 Å². The Balaban J connectivity index is 1.44. The molecule has 3 rings (SSSR count). The summed E-state index contributed by atoms with van der Waals surface area (Å²) in [5, 5.41) is 120. The summed E-state index contributed by atoms with van der Waals surface area (Å²) in [5.41, 5.74) is 0. The fourth-order valence-corrected chi connectivity index (χ4v) is 11.8. The number of amides is 1. The number of carbonyl (C=O) groups is 1. The molecular weight excluding hydrogens is 1080 g/mol. The molecule has 3 aliphatic rings. The summed E-state index contributed by atoms with van der Waals surface area (Å²) in [7, 11) is 0. The molecule has 19 heteroatoms. The minimum atomic E-state index is -1.98. The Labute approximate surface area is 506 Å². The highest BCUT2D eigenvalue weighted by molar-refractivity contribution is 5.76. The Hall–Kier alpha value is -1.47. The average Bonchev–Trinajstić information content (AvgIpc) is 2.79. The molecule has 17 atom stereocenters. The van der Waals surface area contributed by atoms with Crippen molar-refractivity contribution >= 4 is 5.91 Å². The van der Waals surface area contributed by atoms with Crippen LogP contribution in [0.2, 0.25) is 0 Å². The van der Waals surface area contributed by atoms with Gasteiger partial charge in [0.2, 0.25) is 5.91 Å². The third kappa shape index (κ3) is 30.8. The molecule has 17 unspecified atom stereocenters. The van der Waals surface area contributed by atoms with Crippen molar-refractivity contribution in [3.8, 4) is 0 Å².